The largest absolute Gasteiger partial charge is 0.354 e. The quantitative estimate of drug-likeness (QED) is 0.785. The summed E-state index contributed by atoms with van der Waals surface area (Å²) in [7, 11) is -3.26. The van der Waals surface area contributed by atoms with Gasteiger partial charge in [0.25, 0.3) is 0 Å². The summed E-state index contributed by atoms with van der Waals surface area (Å²) in [4.78, 5) is 15.2. The monoisotopic (exact) mass is 365 g/mol. The van der Waals surface area contributed by atoms with Crippen LogP contribution in [0.1, 0.15) is 31.2 Å². The van der Waals surface area contributed by atoms with E-state index in [0.717, 1.165) is 32.2 Å². The summed E-state index contributed by atoms with van der Waals surface area (Å²) in [6, 6.07) is 9.90. The van der Waals surface area contributed by atoms with E-state index in [0.29, 0.717) is 19.5 Å². The molecule has 0 spiro atoms. The summed E-state index contributed by atoms with van der Waals surface area (Å²) in [6.07, 6.45) is 5.40. The minimum atomic E-state index is -3.26. The summed E-state index contributed by atoms with van der Waals surface area (Å²) in [5.41, 5.74) is 0.640. The molecule has 138 valence electrons. The van der Waals surface area contributed by atoms with Crippen LogP contribution in [0.25, 0.3) is 0 Å². The Morgan fingerprint density at radius 1 is 1.28 bits per heavy atom. The first-order valence-electron chi connectivity index (χ1n) is 8.94. The molecule has 25 heavy (non-hydrogen) atoms. The van der Waals surface area contributed by atoms with Crippen LogP contribution >= 0.6 is 0 Å². The average Bonchev–Trinajstić information content (AvgIpc) is 2.92. The predicted molar refractivity (Wildman–Crippen MR) is 97.7 cm³/mol. The number of fused-ring (bicyclic) bond motifs is 1. The zero-order valence-corrected chi connectivity index (χ0v) is 15.5. The van der Waals surface area contributed by atoms with Gasteiger partial charge < -0.3 is 5.32 Å². The summed E-state index contributed by atoms with van der Waals surface area (Å²) < 4.78 is 25.8. The van der Waals surface area contributed by atoms with Crippen LogP contribution in [0.4, 0.5) is 0 Å². The van der Waals surface area contributed by atoms with Crippen LogP contribution in [0.3, 0.4) is 0 Å². The second-order valence-electron chi connectivity index (χ2n) is 7.22. The molecule has 3 rings (SSSR count). The lowest BCUT2D eigenvalue weighted by Gasteiger charge is -2.40. The van der Waals surface area contributed by atoms with Gasteiger partial charge in [-0.1, -0.05) is 30.3 Å². The number of sulfonamides is 1. The number of amides is 1. The topological polar surface area (TPSA) is 78.5 Å². The molecule has 1 amide bonds. The van der Waals surface area contributed by atoms with Gasteiger partial charge in [-0.25, -0.2) is 13.1 Å². The maximum atomic E-state index is 13.0. The zero-order chi connectivity index (χ0) is 17.9. The summed E-state index contributed by atoms with van der Waals surface area (Å²) in [6.45, 7) is 2.07. The number of benzene rings is 1. The molecular formula is C18H27N3O3S. The minimum absolute atomic E-state index is 0.0425. The fourth-order valence-corrected chi connectivity index (χ4v) is 4.95. The van der Waals surface area contributed by atoms with Crippen LogP contribution in [0.5, 0.6) is 0 Å². The van der Waals surface area contributed by atoms with Gasteiger partial charge in [0, 0.05) is 19.1 Å². The van der Waals surface area contributed by atoms with Gasteiger partial charge in [-0.05, 0) is 44.2 Å². The van der Waals surface area contributed by atoms with E-state index in [-0.39, 0.29) is 11.9 Å². The molecule has 0 aromatic heterocycles. The molecule has 6 nitrogen and oxygen atoms in total. The van der Waals surface area contributed by atoms with E-state index in [1.165, 1.54) is 11.8 Å². The Morgan fingerprint density at radius 3 is 2.76 bits per heavy atom. The van der Waals surface area contributed by atoms with Gasteiger partial charge in [0.1, 0.15) is 5.54 Å². The highest BCUT2D eigenvalue weighted by Crippen LogP contribution is 2.38. The highest BCUT2D eigenvalue weighted by Gasteiger charge is 2.52. The number of carbonyl (C=O) groups is 1. The Hall–Kier alpha value is -1.44. The Labute approximate surface area is 150 Å². The molecule has 0 bridgehead atoms. The van der Waals surface area contributed by atoms with Crippen LogP contribution in [0.15, 0.2) is 30.3 Å². The number of rotatable bonds is 6. The number of carbonyl (C=O) groups excluding carboxylic acids is 1. The van der Waals surface area contributed by atoms with E-state index in [2.05, 4.69) is 27.1 Å². The third-order valence-corrected chi connectivity index (χ3v) is 6.01. The third kappa shape index (κ3) is 4.40. The number of piperidine rings is 1. The average molecular weight is 365 g/mol. The molecule has 2 heterocycles. The maximum Gasteiger partial charge on any atom is 0.240 e. The number of nitrogens with one attached hydrogen (secondary N) is 2. The fraction of sp³-hybridized carbons (Fsp3) is 0.611. The lowest BCUT2D eigenvalue weighted by Crippen LogP contribution is -2.57. The molecule has 2 aliphatic rings. The lowest BCUT2D eigenvalue weighted by molar-refractivity contribution is -0.133. The van der Waals surface area contributed by atoms with Crippen molar-refractivity contribution in [3.63, 3.8) is 0 Å². The van der Waals surface area contributed by atoms with Gasteiger partial charge in [0.05, 0.1) is 6.26 Å². The van der Waals surface area contributed by atoms with Gasteiger partial charge in [0.2, 0.25) is 15.9 Å². The summed E-state index contributed by atoms with van der Waals surface area (Å²) in [5, 5.41) is 3.09. The van der Waals surface area contributed by atoms with E-state index in [9.17, 15) is 13.2 Å². The molecule has 0 aliphatic carbocycles. The molecule has 1 aromatic rings. The second kappa shape index (κ2) is 7.43. The number of hydrogen-bond donors (Lipinski definition) is 2. The molecular weight excluding hydrogens is 338 g/mol. The molecule has 0 saturated carbocycles. The van der Waals surface area contributed by atoms with Crippen molar-refractivity contribution in [2.75, 3.05) is 25.9 Å². The third-order valence-electron chi connectivity index (χ3n) is 5.24. The van der Waals surface area contributed by atoms with E-state index < -0.39 is 15.6 Å². The van der Waals surface area contributed by atoms with Crippen LogP contribution in [0.2, 0.25) is 0 Å². The van der Waals surface area contributed by atoms with Crippen molar-refractivity contribution in [2.45, 2.75) is 43.7 Å². The molecule has 7 heteroatoms. The molecule has 2 aliphatic heterocycles. The first-order chi connectivity index (χ1) is 11.9. The Balaban J connectivity index is 1.63. The van der Waals surface area contributed by atoms with Crippen molar-refractivity contribution in [3.05, 3.63) is 35.9 Å². The highest BCUT2D eigenvalue weighted by molar-refractivity contribution is 7.88. The van der Waals surface area contributed by atoms with Crippen LogP contribution in [0, 0.1) is 0 Å². The molecule has 0 unspecified atom stereocenters. The van der Waals surface area contributed by atoms with Crippen LogP contribution < -0.4 is 10.0 Å². The van der Waals surface area contributed by atoms with Gasteiger partial charge >= 0.3 is 0 Å². The second-order valence-corrected chi connectivity index (χ2v) is 9.00. The van der Waals surface area contributed by atoms with Crippen molar-refractivity contribution in [2.24, 2.45) is 0 Å². The lowest BCUT2D eigenvalue weighted by atomic mass is 9.85. The summed E-state index contributed by atoms with van der Waals surface area (Å²) >= 11 is 0. The van der Waals surface area contributed by atoms with Crippen molar-refractivity contribution < 1.29 is 13.2 Å². The van der Waals surface area contributed by atoms with Crippen molar-refractivity contribution in [3.8, 4) is 0 Å². The van der Waals surface area contributed by atoms with Crippen molar-refractivity contribution in [1.82, 2.24) is 14.9 Å². The normalized spacial score (nSPS) is 27.0. The van der Waals surface area contributed by atoms with Gasteiger partial charge in [-0.3, -0.25) is 9.69 Å². The van der Waals surface area contributed by atoms with Gasteiger partial charge in [0.15, 0.2) is 0 Å². The van der Waals surface area contributed by atoms with Crippen molar-refractivity contribution >= 4 is 15.9 Å². The first-order valence-corrected chi connectivity index (χ1v) is 10.8. The molecule has 2 atom stereocenters. The standard InChI is InChI=1S/C18H27N3O3S/c1-25(23,24)20-16-13-18(10-5-6-12-21(18)14-16)17(22)19-11-9-15-7-3-2-4-8-15/h2-4,7-8,16,20H,5-6,9-14H2,1H3,(H,19,22)/t16-,18-/m0/s1. The number of hydrogen-bond acceptors (Lipinski definition) is 4. The van der Waals surface area contributed by atoms with E-state index in [4.69, 9.17) is 0 Å². The Bertz CT molecular complexity index is 708. The first kappa shape index (κ1) is 18.4. The fourth-order valence-electron chi connectivity index (χ4n) is 4.19. The van der Waals surface area contributed by atoms with Crippen LogP contribution in [-0.2, 0) is 21.2 Å². The highest BCUT2D eigenvalue weighted by atomic mass is 32.2. The van der Waals surface area contributed by atoms with E-state index in [1.807, 2.05) is 18.2 Å². The Kier molecular flexibility index (Phi) is 5.46. The Morgan fingerprint density at radius 2 is 2.04 bits per heavy atom. The van der Waals surface area contributed by atoms with Gasteiger partial charge in [-0.15, -0.1) is 0 Å². The van der Waals surface area contributed by atoms with Gasteiger partial charge in [-0.2, -0.15) is 0 Å². The van der Waals surface area contributed by atoms with E-state index in [1.54, 1.807) is 0 Å². The number of nitrogens with zero attached hydrogens (tertiary/aromatic N) is 1. The predicted octanol–water partition coefficient (Wildman–Crippen LogP) is 0.892. The molecule has 2 fully saturated rings. The molecule has 1 aromatic carbocycles. The van der Waals surface area contributed by atoms with E-state index >= 15 is 0 Å². The molecule has 2 saturated heterocycles. The summed E-state index contributed by atoms with van der Waals surface area (Å²) in [5.74, 6) is 0.0425. The maximum absolute atomic E-state index is 13.0. The smallest absolute Gasteiger partial charge is 0.240 e. The van der Waals surface area contributed by atoms with Crippen molar-refractivity contribution in [1.29, 1.82) is 0 Å². The molecule has 0 radical (unpaired) electrons. The zero-order valence-electron chi connectivity index (χ0n) is 14.7. The molecule has 2 N–H and O–H groups in total. The minimum Gasteiger partial charge on any atom is -0.354 e. The SMILES string of the molecule is CS(=O)(=O)N[C@@H]1CN2CCCC[C@@]2(C(=O)NCCc2ccccc2)C1. The van der Waals surface area contributed by atoms with Crippen LogP contribution in [-0.4, -0.2) is 56.7 Å².